The number of benzene rings is 1. The van der Waals surface area contributed by atoms with E-state index in [9.17, 15) is 9.59 Å². The molecular weight excluding hydrogens is 234 g/mol. The molecule has 0 radical (unpaired) electrons. The third kappa shape index (κ3) is 3.97. The van der Waals surface area contributed by atoms with Gasteiger partial charge in [0.25, 0.3) is 0 Å². The van der Waals surface area contributed by atoms with Crippen molar-refractivity contribution in [1.29, 1.82) is 0 Å². The summed E-state index contributed by atoms with van der Waals surface area (Å²) in [5.74, 6) is -1.05. The Morgan fingerprint density at radius 2 is 2.11 bits per heavy atom. The Kier molecular flexibility index (Phi) is 4.98. The van der Waals surface area contributed by atoms with Gasteiger partial charge in [0.1, 0.15) is 0 Å². The highest BCUT2D eigenvalue weighted by atomic mass is 16.4. The Bertz CT molecular complexity index is 446. The van der Waals surface area contributed by atoms with Crippen LogP contribution in [-0.2, 0) is 0 Å². The fourth-order valence-electron chi connectivity index (χ4n) is 1.35. The molecule has 0 spiro atoms. The Balaban J connectivity index is 2.62. The third-order valence-electron chi connectivity index (χ3n) is 2.36. The number of aromatic carboxylic acids is 1. The Labute approximate surface area is 105 Å². The number of hydrogen-bond acceptors (Lipinski definition) is 3. The summed E-state index contributed by atoms with van der Waals surface area (Å²) in [5.41, 5.74) is 6.36. The van der Waals surface area contributed by atoms with Crippen molar-refractivity contribution < 1.29 is 14.7 Å². The van der Waals surface area contributed by atoms with E-state index in [0.29, 0.717) is 12.2 Å². The quantitative estimate of drug-likeness (QED) is 0.473. The van der Waals surface area contributed by atoms with Crippen LogP contribution in [0.1, 0.15) is 30.1 Å². The van der Waals surface area contributed by atoms with Crippen LogP contribution >= 0.6 is 0 Å². The summed E-state index contributed by atoms with van der Waals surface area (Å²) >= 11 is 0. The van der Waals surface area contributed by atoms with Crippen molar-refractivity contribution in [3.8, 4) is 0 Å². The summed E-state index contributed by atoms with van der Waals surface area (Å²) in [6.45, 7) is 2.62. The molecule has 0 saturated heterocycles. The lowest BCUT2D eigenvalue weighted by molar-refractivity contribution is 0.0697. The van der Waals surface area contributed by atoms with Crippen molar-refractivity contribution in [2.45, 2.75) is 19.8 Å². The molecule has 98 valence electrons. The zero-order valence-corrected chi connectivity index (χ0v) is 10.2. The van der Waals surface area contributed by atoms with Crippen LogP contribution in [0.25, 0.3) is 0 Å². The van der Waals surface area contributed by atoms with E-state index in [1.165, 1.54) is 18.2 Å². The molecule has 1 aromatic carbocycles. The molecule has 2 amide bonds. The van der Waals surface area contributed by atoms with Crippen molar-refractivity contribution >= 4 is 23.4 Å². The maximum absolute atomic E-state index is 11.5. The topological polar surface area (TPSA) is 104 Å². The summed E-state index contributed by atoms with van der Waals surface area (Å²) < 4.78 is 0. The number of carbonyl (C=O) groups is 2. The summed E-state index contributed by atoms with van der Waals surface area (Å²) in [4.78, 5) is 22.2. The zero-order valence-electron chi connectivity index (χ0n) is 10.2. The molecule has 0 aliphatic heterocycles. The largest absolute Gasteiger partial charge is 0.478 e. The highest BCUT2D eigenvalue weighted by molar-refractivity contribution is 5.95. The van der Waals surface area contributed by atoms with E-state index in [0.717, 1.165) is 12.8 Å². The van der Waals surface area contributed by atoms with Gasteiger partial charge in [-0.3, -0.25) is 0 Å². The van der Waals surface area contributed by atoms with Crippen LogP contribution in [0.15, 0.2) is 18.2 Å². The molecule has 0 heterocycles. The minimum atomic E-state index is -1.05. The lowest BCUT2D eigenvalue weighted by atomic mass is 10.2. The number of hydrogen-bond donors (Lipinski definition) is 4. The van der Waals surface area contributed by atoms with E-state index >= 15 is 0 Å². The van der Waals surface area contributed by atoms with E-state index in [1.54, 1.807) is 0 Å². The number of anilines is 2. The molecule has 0 aliphatic carbocycles. The van der Waals surface area contributed by atoms with Gasteiger partial charge in [0.15, 0.2) is 0 Å². The summed E-state index contributed by atoms with van der Waals surface area (Å²) in [5, 5.41) is 14.0. The summed E-state index contributed by atoms with van der Waals surface area (Å²) in [6.07, 6.45) is 1.90. The maximum Gasteiger partial charge on any atom is 0.335 e. The number of nitrogen functional groups attached to an aromatic ring is 1. The van der Waals surface area contributed by atoms with Crippen LogP contribution in [-0.4, -0.2) is 23.7 Å². The second-order valence-corrected chi connectivity index (χ2v) is 3.84. The van der Waals surface area contributed by atoms with E-state index in [-0.39, 0.29) is 17.3 Å². The molecule has 0 aromatic heterocycles. The zero-order chi connectivity index (χ0) is 13.5. The molecule has 0 saturated carbocycles. The van der Waals surface area contributed by atoms with E-state index in [2.05, 4.69) is 10.6 Å². The number of carbonyl (C=O) groups excluding carboxylic acids is 1. The normalized spacial score (nSPS) is 9.83. The van der Waals surface area contributed by atoms with Crippen molar-refractivity contribution in [3.05, 3.63) is 23.8 Å². The molecule has 0 unspecified atom stereocenters. The first kappa shape index (κ1) is 13.8. The molecule has 18 heavy (non-hydrogen) atoms. The van der Waals surface area contributed by atoms with Crippen molar-refractivity contribution in [1.82, 2.24) is 5.32 Å². The number of nitrogens with one attached hydrogen (secondary N) is 2. The molecule has 0 aliphatic rings. The van der Waals surface area contributed by atoms with Gasteiger partial charge in [0.05, 0.1) is 16.9 Å². The maximum atomic E-state index is 11.5. The Morgan fingerprint density at radius 1 is 1.39 bits per heavy atom. The fourth-order valence-corrected chi connectivity index (χ4v) is 1.35. The van der Waals surface area contributed by atoms with Gasteiger partial charge in [-0.1, -0.05) is 13.3 Å². The number of carboxylic acids is 1. The van der Waals surface area contributed by atoms with Crippen LogP contribution < -0.4 is 16.4 Å². The van der Waals surface area contributed by atoms with Crippen LogP contribution in [0.2, 0.25) is 0 Å². The molecule has 1 rings (SSSR count). The number of nitrogens with two attached hydrogens (primary N) is 1. The monoisotopic (exact) mass is 251 g/mol. The minimum absolute atomic E-state index is 0.0874. The van der Waals surface area contributed by atoms with Crippen molar-refractivity contribution in [2.75, 3.05) is 17.6 Å². The van der Waals surface area contributed by atoms with Gasteiger partial charge in [-0.25, -0.2) is 9.59 Å². The first-order chi connectivity index (χ1) is 8.54. The molecule has 6 nitrogen and oxygen atoms in total. The first-order valence-corrected chi connectivity index (χ1v) is 5.72. The molecular formula is C12H17N3O3. The van der Waals surface area contributed by atoms with Gasteiger partial charge in [0.2, 0.25) is 0 Å². The lowest BCUT2D eigenvalue weighted by Crippen LogP contribution is -2.29. The van der Waals surface area contributed by atoms with Gasteiger partial charge in [-0.2, -0.15) is 0 Å². The van der Waals surface area contributed by atoms with Gasteiger partial charge >= 0.3 is 12.0 Å². The SMILES string of the molecule is CCCCNC(=O)Nc1ccc(C(=O)O)cc1N. The van der Waals surface area contributed by atoms with Crippen LogP contribution in [0, 0.1) is 0 Å². The smallest absolute Gasteiger partial charge is 0.335 e. The van der Waals surface area contributed by atoms with Gasteiger partial charge in [0, 0.05) is 6.54 Å². The number of amides is 2. The number of rotatable bonds is 5. The van der Waals surface area contributed by atoms with Crippen LogP contribution in [0.5, 0.6) is 0 Å². The minimum Gasteiger partial charge on any atom is -0.478 e. The second kappa shape index (κ2) is 6.48. The van der Waals surface area contributed by atoms with Gasteiger partial charge < -0.3 is 21.5 Å². The highest BCUT2D eigenvalue weighted by Crippen LogP contribution is 2.19. The Morgan fingerprint density at radius 3 is 2.67 bits per heavy atom. The lowest BCUT2D eigenvalue weighted by Gasteiger charge is -2.09. The highest BCUT2D eigenvalue weighted by Gasteiger charge is 2.08. The van der Waals surface area contributed by atoms with Gasteiger partial charge in [-0.05, 0) is 24.6 Å². The van der Waals surface area contributed by atoms with Crippen molar-refractivity contribution in [2.24, 2.45) is 0 Å². The molecule has 0 bridgehead atoms. The van der Waals surface area contributed by atoms with Crippen LogP contribution in [0.3, 0.4) is 0 Å². The number of unbranched alkanes of at least 4 members (excludes halogenated alkanes) is 1. The predicted molar refractivity (Wildman–Crippen MR) is 69.7 cm³/mol. The molecule has 0 atom stereocenters. The summed E-state index contributed by atoms with van der Waals surface area (Å²) in [6, 6.07) is 3.82. The average molecular weight is 251 g/mol. The van der Waals surface area contributed by atoms with Crippen molar-refractivity contribution in [3.63, 3.8) is 0 Å². The van der Waals surface area contributed by atoms with E-state index < -0.39 is 5.97 Å². The number of carboxylic acid groups (broad SMARTS) is 1. The fraction of sp³-hybridized carbons (Fsp3) is 0.333. The summed E-state index contributed by atoms with van der Waals surface area (Å²) in [7, 11) is 0. The molecule has 6 heteroatoms. The predicted octanol–water partition coefficient (Wildman–Crippen LogP) is 1.89. The van der Waals surface area contributed by atoms with Gasteiger partial charge in [-0.15, -0.1) is 0 Å². The van der Waals surface area contributed by atoms with E-state index in [4.69, 9.17) is 10.8 Å². The standard InChI is InChI=1S/C12H17N3O3/c1-2-3-6-14-12(18)15-10-5-4-8(11(16)17)7-9(10)13/h4-5,7H,2-3,6,13H2,1H3,(H,16,17)(H2,14,15,18). The first-order valence-electron chi connectivity index (χ1n) is 5.72. The third-order valence-corrected chi connectivity index (χ3v) is 2.36. The van der Waals surface area contributed by atoms with E-state index in [1.807, 2.05) is 6.92 Å². The Hall–Kier alpha value is -2.24. The second-order valence-electron chi connectivity index (χ2n) is 3.84. The van der Waals surface area contributed by atoms with Crippen LogP contribution in [0.4, 0.5) is 16.2 Å². The molecule has 1 aromatic rings. The number of urea groups is 1. The molecule has 0 fully saturated rings. The molecule has 5 N–H and O–H groups in total. The average Bonchev–Trinajstić information content (AvgIpc) is 2.32.